The van der Waals surface area contributed by atoms with Crippen LogP contribution in [-0.4, -0.2) is 27.7 Å². The number of pyridine rings is 1. The lowest BCUT2D eigenvalue weighted by Gasteiger charge is -2.14. The molecule has 1 aromatic carbocycles. The average Bonchev–Trinajstić information content (AvgIpc) is 3.09. The zero-order valence-electron chi connectivity index (χ0n) is 13.3. The number of hydrogen-bond acceptors (Lipinski definition) is 3. The Kier molecular flexibility index (Phi) is 4.86. The summed E-state index contributed by atoms with van der Waals surface area (Å²) < 4.78 is 39.3. The van der Waals surface area contributed by atoms with Crippen molar-refractivity contribution in [2.24, 2.45) is 5.10 Å². The van der Waals surface area contributed by atoms with Gasteiger partial charge in [-0.1, -0.05) is 41.9 Å². The molecule has 0 aliphatic carbocycles. The van der Waals surface area contributed by atoms with Crippen molar-refractivity contribution in [3.63, 3.8) is 0 Å². The predicted octanol–water partition coefficient (Wildman–Crippen LogP) is 3.16. The van der Waals surface area contributed by atoms with E-state index in [1.165, 1.54) is 0 Å². The average molecular weight is 384 g/mol. The molecule has 1 aromatic heterocycles. The lowest BCUT2D eigenvalue weighted by molar-refractivity contribution is -0.138. The normalized spacial score (nSPS) is 14.5. The standard InChI is InChI=1S/C17H13ClF3N3O2/c18-13-8-12(17(19,20)21)9-23(16(13)26)10-15(25)24-7-6-14(22-24)11-4-2-1-3-5-11/h1-5,8-9H,6-7,10H2. The van der Waals surface area contributed by atoms with Gasteiger partial charge in [0, 0.05) is 12.6 Å². The zero-order chi connectivity index (χ0) is 18.9. The lowest BCUT2D eigenvalue weighted by Crippen LogP contribution is -2.33. The van der Waals surface area contributed by atoms with Crippen molar-refractivity contribution in [3.8, 4) is 0 Å². The fourth-order valence-electron chi connectivity index (χ4n) is 2.57. The topological polar surface area (TPSA) is 54.7 Å². The molecule has 136 valence electrons. The van der Waals surface area contributed by atoms with Crippen LogP contribution >= 0.6 is 11.6 Å². The van der Waals surface area contributed by atoms with Gasteiger partial charge in [-0.05, 0) is 11.6 Å². The first kappa shape index (κ1) is 18.2. The number of aromatic nitrogens is 1. The zero-order valence-corrected chi connectivity index (χ0v) is 14.1. The smallest absolute Gasteiger partial charge is 0.304 e. The van der Waals surface area contributed by atoms with E-state index in [9.17, 15) is 22.8 Å². The number of rotatable bonds is 3. The molecule has 0 radical (unpaired) electrons. The van der Waals surface area contributed by atoms with Gasteiger partial charge in [-0.2, -0.15) is 18.3 Å². The van der Waals surface area contributed by atoms with Crippen LogP contribution in [0.2, 0.25) is 5.02 Å². The van der Waals surface area contributed by atoms with Crippen molar-refractivity contribution in [1.29, 1.82) is 0 Å². The number of amides is 1. The largest absolute Gasteiger partial charge is 0.417 e. The minimum Gasteiger partial charge on any atom is -0.304 e. The third kappa shape index (κ3) is 3.80. The second-order valence-corrected chi connectivity index (χ2v) is 6.09. The second kappa shape index (κ2) is 6.95. The fourth-order valence-corrected chi connectivity index (χ4v) is 2.80. The second-order valence-electron chi connectivity index (χ2n) is 5.69. The number of carbonyl (C=O) groups excluding carboxylic acids is 1. The van der Waals surface area contributed by atoms with Gasteiger partial charge in [0.1, 0.15) is 11.6 Å². The van der Waals surface area contributed by atoms with E-state index in [-0.39, 0.29) is 0 Å². The van der Waals surface area contributed by atoms with Gasteiger partial charge in [0.15, 0.2) is 0 Å². The molecule has 0 unspecified atom stereocenters. The highest BCUT2D eigenvalue weighted by Gasteiger charge is 2.32. The molecule has 1 amide bonds. The van der Waals surface area contributed by atoms with Crippen molar-refractivity contribution in [2.45, 2.75) is 19.1 Å². The van der Waals surface area contributed by atoms with Crippen LogP contribution in [0, 0.1) is 0 Å². The van der Waals surface area contributed by atoms with Crippen LogP contribution in [0.5, 0.6) is 0 Å². The molecular weight excluding hydrogens is 371 g/mol. The summed E-state index contributed by atoms with van der Waals surface area (Å²) in [7, 11) is 0. The third-order valence-corrected chi connectivity index (χ3v) is 4.14. The van der Waals surface area contributed by atoms with Gasteiger partial charge >= 0.3 is 6.18 Å². The molecule has 26 heavy (non-hydrogen) atoms. The van der Waals surface area contributed by atoms with Crippen LogP contribution < -0.4 is 5.56 Å². The maximum Gasteiger partial charge on any atom is 0.417 e. The minimum absolute atomic E-state index is 0.296. The van der Waals surface area contributed by atoms with Crippen molar-refractivity contribution in [3.05, 3.63) is 69.1 Å². The van der Waals surface area contributed by atoms with E-state index in [2.05, 4.69) is 5.10 Å². The fraction of sp³-hybridized carbons (Fsp3) is 0.235. The number of halogens is 4. The molecule has 0 fully saturated rings. The Morgan fingerprint density at radius 1 is 1.23 bits per heavy atom. The number of hydrogen-bond donors (Lipinski definition) is 0. The molecule has 2 aromatic rings. The Balaban J connectivity index is 1.82. The minimum atomic E-state index is -4.67. The van der Waals surface area contributed by atoms with Crippen molar-refractivity contribution >= 4 is 23.2 Å². The Morgan fingerprint density at radius 2 is 1.92 bits per heavy atom. The monoisotopic (exact) mass is 383 g/mol. The van der Waals surface area contributed by atoms with Gasteiger partial charge in [0.25, 0.3) is 11.5 Å². The Morgan fingerprint density at radius 3 is 2.58 bits per heavy atom. The van der Waals surface area contributed by atoms with Crippen LogP contribution in [0.4, 0.5) is 13.2 Å². The SMILES string of the molecule is O=C(Cn1cc(C(F)(F)F)cc(Cl)c1=O)N1CCC(c2ccccc2)=N1. The highest BCUT2D eigenvalue weighted by Crippen LogP contribution is 2.29. The molecule has 0 saturated carbocycles. The molecule has 5 nitrogen and oxygen atoms in total. The third-order valence-electron chi connectivity index (χ3n) is 3.87. The van der Waals surface area contributed by atoms with Crippen molar-refractivity contribution in [1.82, 2.24) is 9.58 Å². The van der Waals surface area contributed by atoms with Crippen molar-refractivity contribution in [2.75, 3.05) is 6.54 Å². The van der Waals surface area contributed by atoms with Gasteiger partial charge in [-0.3, -0.25) is 9.59 Å². The van der Waals surface area contributed by atoms with E-state index in [1.54, 1.807) is 0 Å². The lowest BCUT2D eigenvalue weighted by atomic mass is 10.1. The molecule has 1 aliphatic heterocycles. The van der Waals surface area contributed by atoms with Gasteiger partial charge in [0.05, 0.1) is 17.8 Å². The first-order valence-electron chi connectivity index (χ1n) is 7.66. The highest BCUT2D eigenvalue weighted by molar-refractivity contribution is 6.30. The molecule has 1 aliphatic rings. The highest BCUT2D eigenvalue weighted by atomic mass is 35.5. The van der Waals surface area contributed by atoms with Gasteiger partial charge in [0.2, 0.25) is 0 Å². The molecule has 2 heterocycles. The van der Waals surface area contributed by atoms with Crippen LogP contribution in [0.3, 0.4) is 0 Å². The van der Waals surface area contributed by atoms with Crippen LogP contribution in [0.15, 0.2) is 52.5 Å². The number of carbonyl (C=O) groups is 1. The summed E-state index contributed by atoms with van der Waals surface area (Å²) in [5.41, 5.74) is -0.389. The quantitative estimate of drug-likeness (QED) is 0.817. The summed E-state index contributed by atoms with van der Waals surface area (Å²) in [4.78, 5) is 24.3. The summed E-state index contributed by atoms with van der Waals surface area (Å²) in [5.74, 6) is -0.589. The Labute approximate surface area is 151 Å². The summed E-state index contributed by atoms with van der Waals surface area (Å²) in [5, 5.41) is 4.77. The van der Waals surface area contributed by atoms with E-state index in [0.717, 1.165) is 10.6 Å². The Bertz CT molecular complexity index is 923. The molecule has 0 N–H and O–H groups in total. The van der Waals surface area contributed by atoms with E-state index in [0.29, 0.717) is 35.5 Å². The molecule has 9 heteroatoms. The number of nitrogens with zero attached hydrogens (tertiary/aromatic N) is 3. The summed E-state index contributed by atoms with van der Waals surface area (Å²) in [6.45, 7) is -0.279. The van der Waals surface area contributed by atoms with Gasteiger partial charge in [-0.25, -0.2) is 5.01 Å². The number of hydrazone groups is 1. The molecule has 0 saturated heterocycles. The molecule has 0 atom stereocenters. The molecule has 0 spiro atoms. The maximum atomic E-state index is 12.9. The first-order chi connectivity index (χ1) is 12.3. The first-order valence-corrected chi connectivity index (χ1v) is 8.04. The van der Waals surface area contributed by atoms with Crippen LogP contribution in [0.25, 0.3) is 0 Å². The summed E-state index contributed by atoms with van der Waals surface area (Å²) in [6.07, 6.45) is -3.56. The summed E-state index contributed by atoms with van der Waals surface area (Å²) in [6, 6.07) is 9.78. The molecule has 0 bridgehead atoms. The number of benzene rings is 1. The van der Waals surface area contributed by atoms with Crippen molar-refractivity contribution < 1.29 is 18.0 Å². The van der Waals surface area contributed by atoms with E-state index in [4.69, 9.17) is 11.6 Å². The maximum absolute atomic E-state index is 12.9. The van der Waals surface area contributed by atoms with Crippen LogP contribution in [0.1, 0.15) is 17.5 Å². The molecule has 3 rings (SSSR count). The van der Waals surface area contributed by atoms with E-state index in [1.807, 2.05) is 30.3 Å². The Hall–Kier alpha value is -2.61. The summed E-state index contributed by atoms with van der Waals surface area (Å²) >= 11 is 5.59. The van der Waals surface area contributed by atoms with Crippen LogP contribution in [-0.2, 0) is 17.5 Å². The van der Waals surface area contributed by atoms with E-state index >= 15 is 0 Å². The van der Waals surface area contributed by atoms with Gasteiger partial charge in [-0.15, -0.1) is 0 Å². The molecular formula is C17H13ClF3N3O2. The van der Waals surface area contributed by atoms with Gasteiger partial charge < -0.3 is 4.57 Å². The van der Waals surface area contributed by atoms with E-state index < -0.39 is 34.8 Å². The number of alkyl halides is 3. The predicted molar refractivity (Wildman–Crippen MR) is 90.0 cm³/mol.